The summed E-state index contributed by atoms with van der Waals surface area (Å²) >= 11 is 0. The molecule has 0 aliphatic heterocycles. The highest BCUT2D eigenvalue weighted by molar-refractivity contribution is 5.53. The highest BCUT2D eigenvalue weighted by atomic mass is 19.1. The Balaban J connectivity index is 2.41. The number of nitrogens with zero attached hydrogens (tertiary/aromatic N) is 2. The summed E-state index contributed by atoms with van der Waals surface area (Å²) in [5.74, 6) is -1.07. The van der Waals surface area contributed by atoms with Crippen molar-refractivity contribution in [2.75, 3.05) is 0 Å². The van der Waals surface area contributed by atoms with E-state index in [0.717, 1.165) is 12.1 Å². The molecular weight excluding hydrogens is 252 g/mol. The summed E-state index contributed by atoms with van der Waals surface area (Å²) < 4.78 is 31.5. The van der Waals surface area contributed by atoms with Crippen molar-refractivity contribution < 1.29 is 13.3 Å². The van der Waals surface area contributed by atoms with Gasteiger partial charge in [0.1, 0.15) is 11.6 Å². The molecule has 4 nitrogen and oxygen atoms in total. The standard InChI is InChI=1S/C13H15F2N3O/c1-3-13(16,4-2)12-17-11(19-18-12)9-6-5-8(14)7-10(9)15/h5-7H,3-4,16H2,1-2H3. The lowest BCUT2D eigenvalue weighted by Gasteiger charge is -2.21. The molecule has 0 aliphatic rings. The maximum absolute atomic E-state index is 13.6. The molecule has 0 saturated heterocycles. The molecule has 0 spiro atoms. The number of rotatable bonds is 4. The normalized spacial score (nSPS) is 11.8. The lowest BCUT2D eigenvalue weighted by Crippen LogP contribution is -2.36. The fourth-order valence-corrected chi connectivity index (χ4v) is 1.76. The molecule has 1 aromatic carbocycles. The Morgan fingerprint density at radius 1 is 1.26 bits per heavy atom. The zero-order chi connectivity index (χ0) is 14.0. The lowest BCUT2D eigenvalue weighted by atomic mass is 9.93. The Labute approximate surface area is 109 Å². The molecule has 2 N–H and O–H groups in total. The maximum Gasteiger partial charge on any atom is 0.260 e. The number of nitrogens with two attached hydrogens (primary N) is 1. The van der Waals surface area contributed by atoms with E-state index in [9.17, 15) is 8.78 Å². The average molecular weight is 267 g/mol. The van der Waals surface area contributed by atoms with Gasteiger partial charge in [-0.3, -0.25) is 0 Å². The first-order chi connectivity index (χ1) is 9.00. The van der Waals surface area contributed by atoms with E-state index in [1.807, 2.05) is 13.8 Å². The van der Waals surface area contributed by atoms with Crippen LogP contribution in [0.4, 0.5) is 8.78 Å². The van der Waals surface area contributed by atoms with E-state index in [4.69, 9.17) is 10.3 Å². The van der Waals surface area contributed by atoms with Crippen molar-refractivity contribution in [2.24, 2.45) is 5.73 Å². The fourth-order valence-electron chi connectivity index (χ4n) is 1.76. The van der Waals surface area contributed by atoms with Gasteiger partial charge in [-0.05, 0) is 25.0 Å². The summed E-state index contributed by atoms with van der Waals surface area (Å²) in [7, 11) is 0. The highest BCUT2D eigenvalue weighted by Crippen LogP contribution is 2.27. The topological polar surface area (TPSA) is 64.9 Å². The quantitative estimate of drug-likeness (QED) is 0.924. The predicted octanol–water partition coefficient (Wildman–Crippen LogP) is 2.99. The van der Waals surface area contributed by atoms with E-state index in [1.165, 1.54) is 6.07 Å². The average Bonchev–Trinajstić information content (AvgIpc) is 2.88. The van der Waals surface area contributed by atoms with Crippen LogP contribution in [-0.2, 0) is 5.54 Å². The summed E-state index contributed by atoms with van der Waals surface area (Å²) in [6, 6.07) is 3.17. The fraction of sp³-hybridized carbons (Fsp3) is 0.385. The van der Waals surface area contributed by atoms with Crippen LogP contribution in [0.25, 0.3) is 11.5 Å². The van der Waals surface area contributed by atoms with Gasteiger partial charge in [0, 0.05) is 6.07 Å². The summed E-state index contributed by atoms with van der Waals surface area (Å²) in [4.78, 5) is 4.12. The lowest BCUT2D eigenvalue weighted by molar-refractivity contribution is 0.350. The Kier molecular flexibility index (Phi) is 3.61. The zero-order valence-electron chi connectivity index (χ0n) is 10.8. The first-order valence-electron chi connectivity index (χ1n) is 6.08. The van der Waals surface area contributed by atoms with Gasteiger partial charge in [0.15, 0.2) is 5.82 Å². The zero-order valence-corrected chi connectivity index (χ0v) is 10.8. The van der Waals surface area contributed by atoms with Crippen molar-refractivity contribution in [3.05, 3.63) is 35.7 Å². The summed E-state index contributed by atoms with van der Waals surface area (Å²) in [5.41, 5.74) is 5.50. The van der Waals surface area contributed by atoms with Crippen molar-refractivity contribution in [3.8, 4) is 11.5 Å². The van der Waals surface area contributed by atoms with E-state index >= 15 is 0 Å². The molecule has 2 rings (SSSR count). The third kappa shape index (κ3) is 2.49. The minimum Gasteiger partial charge on any atom is -0.334 e. The van der Waals surface area contributed by atoms with Crippen LogP contribution in [0.2, 0.25) is 0 Å². The third-order valence-corrected chi connectivity index (χ3v) is 3.29. The van der Waals surface area contributed by atoms with Gasteiger partial charge in [0.2, 0.25) is 0 Å². The van der Waals surface area contributed by atoms with Crippen molar-refractivity contribution in [1.82, 2.24) is 10.1 Å². The van der Waals surface area contributed by atoms with Crippen LogP contribution in [0, 0.1) is 11.6 Å². The molecular formula is C13H15F2N3O. The second kappa shape index (κ2) is 5.05. The number of benzene rings is 1. The number of hydrogen-bond donors (Lipinski definition) is 1. The predicted molar refractivity (Wildman–Crippen MR) is 66.1 cm³/mol. The molecule has 0 radical (unpaired) electrons. The SMILES string of the molecule is CCC(N)(CC)c1noc(-c2ccc(F)cc2F)n1. The monoisotopic (exact) mass is 267 g/mol. The Morgan fingerprint density at radius 2 is 1.95 bits per heavy atom. The van der Waals surface area contributed by atoms with Gasteiger partial charge >= 0.3 is 0 Å². The molecule has 0 aliphatic carbocycles. The van der Waals surface area contributed by atoms with Gasteiger partial charge in [-0.2, -0.15) is 4.98 Å². The van der Waals surface area contributed by atoms with Gasteiger partial charge in [0.25, 0.3) is 5.89 Å². The molecule has 2 aromatic rings. The van der Waals surface area contributed by atoms with Crippen LogP contribution in [0.3, 0.4) is 0 Å². The molecule has 1 heterocycles. The maximum atomic E-state index is 13.6. The molecule has 1 aromatic heterocycles. The van der Waals surface area contributed by atoms with Crippen molar-refractivity contribution >= 4 is 0 Å². The minimum absolute atomic E-state index is 0.00391. The van der Waals surface area contributed by atoms with E-state index in [0.29, 0.717) is 18.7 Å². The van der Waals surface area contributed by atoms with Crippen LogP contribution in [0.1, 0.15) is 32.5 Å². The molecule has 0 fully saturated rings. The molecule has 0 amide bonds. The second-order valence-corrected chi connectivity index (χ2v) is 4.41. The van der Waals surface area contributed by atoms with Gasteiger partial charge in [-0.15, -0.1) is 0 Å². The first kappa shape index (κ1) is 13.6. The van der Waals surface area contributed by atoms with Crippen LogP contribution in [0.5, 0.6) is 0 Å². The summed E-state index contributed by atoms with van der Waals surface area (Å²) in [6.45, 7) is 3.83. The Hall–Kier alpha value is -1.82. The second-order valence-electron chi connectivity index (χ2n) is 4.41. The Morgan fingerprint density at radius 3 is 2.53 bits per heavy atom. The van der Waals surface area contributed by atoms with Crippen LogP contribution >= 0.6 is 0 Å². The molecule has 6 heteroatoms. The highest BCUT2D eigenvalue weighted by Gasteiger charge is 2.29. The molecule has 102 valence electrons. The summed E-state index contributed by atoms with van der Waals surface area (Å²) in [6.07, 6.45) is 1.27. The van der Waals surface area contributed by atoms with Gasteiger partial charge in [0.05, 0.1) is 11.1 Å². The van der Waals surface area contributed by atoms with Crippen molar-refractivity contribution in [2.45, 2.75) is 32.2 Å². The molecule has 0 bridgehead atoms. The first-order valence-corrected chi connectivity index (χ1v) is 6.08. The Bertz CT molecular complexity index is 579. The van der Waals surface area contributed by atoms with Crippen LogP contribution in [0.15, 0.2) is 22.7 Å². The molecule has 0 saturated carbocycles. The van der Waals surface area contributed by atoms with Gasteiger partial charge < -0.3 is 10.3 Å². The summed E-state index contributed by atoms with van der Waals surface area (Å²) in [5, 5.41) is 3.80. The van der Waals surface area contributed by atoms with Gasteiger partial charge in [-0.1, -0.05) is 19.0 Å². The number of hydrogen-bond acceptors (Lipinski definition) is 4. The molecule has 19 heavy (non-hydrogen) atoms. The van der Waals surface area contributed by atoms with E-state index in [2.05, 4.69) is 10.1 Å². The smallest absolute Gasteiger partial charge is 0.260 e. The van der Waals surface area contributed by atoms with E-state index < -0.39 is 17.2 Å². The van der Waals surface area contributed by atoms with Gasteiger partial charge in [-0.25, -0.2) is 8.78 Å². The van der Waals surface area contributed by atoms with Crippen molar-refractivity contribution in [3.63, 3.8) is 0 Å². The number of aromatic nitrogens is 2. The van der Waals surface area contributed by atoms with E-state index in [-0.39, 0.29) is 11.5 Å². The molecule has 0 unspecified atom stereocenters. The van der Waals surface area contributed by atoms with Crippen LogP contribution in [-0.4, -0.2) is 10.1 Å². The third-order valence-electron chi connectivity index (χ3n) is 3.29. The van der Waals surface area contributed by atoms with Crippen molar-refractivity contribution in [1.29, 1.82) is 0 Å². The van der Waals surface area contributed by atoms with E-state index in [1.54, 1.807) is 0 Å². The molecule has 0 atom stereocenters. The minimum atomic E-state index is -0.745. The number of halogens is 2. The largest absolute Gasteiger partial charge is 0.334 e. The van der Waals surface area contributed by atoms with Crippen LogP contribution < -0.4 is 5.73 Å².